The van der Waals surface area contributed by atoms with E-state index in [4.69, 9.17) is 4.74 Å². The summed E-state index contributed by atoms with van der Waals surface area (Å²) in [6.07, 6.45) is 2.93. The summed E-state index contributed by atoms with van der Waals surface area (Å²) in [4.78, 5) is 25.3. The molecule has 0 N–H and O–H groups in total. The number of carbonyl (C=O) groups is 1. The molecule has 5 nitrogen and oxygen atoms in total. The number of methoxy groups -OCH3 is 1. The van der Waals surface area contributed by atoms with E-state index in [1.807, 2.05) is 12.1 Å². The Morgan fingerprint density at radius 1 is 1.19 bits per heavy atom. The van der Waals surface area contributed by atoms with Crippen LogP contribution in [0.2, 0.25) is 0 Å². The molecule has 0 atom stereocenters. The summed E-state index contributed by atoms with van der Waals surface area (Å²) in [6.45, 7) is 4.17. The molecule has 0 radical (unpaired) electrons. The molecule has 2 heterocycles. The van der Waals surface area contributed by atoms with E-state index in [0.29, 0.717) is 29.4 Å². The van der Waals surface area contributed by atoms with Crippen LogP contribution in [0.15, 0.2) is 24.4 Å². The molecule has 0 saturated heterocycles. The molecule has 5 heteroatoms. The van der Waals surface area contributed by atoms with Gasteiger partial charge in [-0.25, -0.2) is 15.0 Å². The molecular weight excluding hydrogens is 266 g/mol. The van der Waals surface area contributed by atoms with E-state index in [-0.39, 0.29) is 11.2 Å². The number of pyridine rings is 1. The number of nitrogens with zero attached hydrogens (tertiary/aromatic N) is 3. The van der Waals surface area contributed by atoms with Crippen molar-refractivity contribution in [1.29, 1.82) is 0 Å². The zero-order valence-electron chi connectivity index (χ0n) is 12.4. The molecule has 0 fully saturated rings. The van der Waals surface area contributed by atoms with Crippen molar-refractivity contribution in [2.75, 3.05) is 7.11 Å². The first-order chi connectivity index (χ1) is 9.98. The van der Waals surface area contributed by atoms with Crippen LogP contribution >= 0.6 is 0 Å². The number of hydrogen-bond donors (Lipinski definition) is 0. The molecule has 0 saturated carbocycles. The van der Waals surface area contributed by atoms with Crippen LogP contribution in [0.25, 0.3) is 11.5 Å². The Hall–Kier alpha value is -2.30. The van der Waals surface area contributed by atoms with Gasteiger partial charge in [-0.2, -0.15) is 0 Å². The minimum Gasteiger partial charge on any atom is -0.481 e. The van der Waals surface area contributed by atoms with Gasteiger partial charge in [0, 0.05) is 18.7 Å². The summed E-state index contributed by atoms with van der Waals surface area (Å²) in [5.74, 6) is 1.16. The number of aromatic nitrogens is 3. The van der Waals surface area contributed by atoms with Crippen molar-refractivity contribution in [3.05, 3.63) is 35.7 Å². The van der Waals surface area contributed by atoms with Gasteiger partial charge in [0.05, 0.1) is 18.4 Å². The van der Waals surface area contributed by atoms with Crippen LogP contribution < -0.4 is 4.74 Å². The predicted molar refractivity (Wildman–Crippen MR) is 78.2 cm³/mol. The third-order valence-electron chi connectivity index (χ3n) is 3.61. The van der Waals surface area contributed by atoms with Crippen LogP contribution in [-0.4, -0.2) is 27.8 Å². The maximum Gasteiger partial charge on any atom is 0.213 e. The molecular formula is C16H17N3O2. The van der Waals surface area contributed by atoms with E-state index in [1.54, 1.807) is 19.4 Å². The van der Waals surface area contributed by atoms with E-state index >= 15 is 0 Å². The second kappa shape index (κ2) is 4.91. The summed E-state index contributed by atoms with van der Waals surface area (Å²) in [5.41, 5.74) is 2.04. The average Bonchev–Trinajstić information content (AvgIpc) is 2.45. The lowest BCUT2D eigenvalue weighted by Gasteiger charge is -2.29. The van der Waals surface area contributed by atoms with Gasteiger partial charge in [0.2, 0.25) is 5.88 Å². The SMILES string of the molecule is COc1cccc(-c2ncc3c(n2)CC(C)(C)CC3=O)n1. The van der Waals surface area contributed by atoms with Gasteiger partial charge in [-0.3, -0.25) is 4.79 Å². The average molecular weight is 283 g/mol. The Morgan fingerprint density at radius 3 is 2.76 bits per heavy atom. The molecule has 1 aliphatic rings. The second-order valence-electron chi connectivity index (χ2n) is 6.06. The predicted octanol–water partition coefficient (Wildman–Crippen LogP) is 2.70. The van der Waals surface area contributed by atoms with Gasteiger partial charge in [-0.05, 0) is 17.9 Å². The van der Waals surface area contributed by atoms with Crippen LogP contribution in [0.5, 0.6) is 5.88 Å². The van der Waals surface area contributed by atoms with Gasteiger partial charge in [0.15, 0.2) is 11.6 Å². The summed E-state index contributed by atoms with van der Waals surface area (Å²) < 4.78 is 5.12. The van der Waals surface area contributed by atoms with Gasteiger partial charge in [-0.1, -0.05) is 19.9 Å². The van der Waals surface area contributed by atoms with Gasteiger partial charge in [-0.15, -0.1) is 0 Å². The van der Waals surface area contributed by atoms with Crippen LogP contribution in [0.1, 0.15) is 36.3 Å². The van der Waals surface area contributed by atoms with Crippen LogP contribution in [0, 0.1) is 5.41 Å². The smallest absolute Gasteiger partial charge is 0.213 e. The molecule has 2 aromatic heterocycles. The number of carbonyl (C=O) groups excluding carboxylic acids is 1. The van der Waals surface area contributed by atoms with Gasteiger partial charge < -0.3 is 4.74 Å². The first-order valence-electron chi connectivity index (χ1n) is 6.89. The standard InChI is InChI=1S/C16H17N3O2/c1-16(2)7-12-10(13(20)8-16)9-17-15(19-12)11-5-4-6-14(18-11)21-3/h4-6,9H,7-8H2,1-3H3. The number of rotatable bonds is 2. The summed E-state index contributed by atoms with van der Waals surface area (Å²) in [6, 6.07) is 5.45. The number of Topliss-reactive ketones (excluding diaryl/α,β-unsaturated/α-hetero) is 1. The first-order valence-corrected chi connectivity index (χ1v) is 6.89. The zero-order chi connectivity index (χ0) is 15.0. The Morgan fingerprint density at radius 2 is 2.00 bits per heavy atom. The molecule has 0 amide bonds. The van der Waals surface area contributed by atoms with Crippen molar-refractivity contribution in [3.8, 4) is 17.4 Å². The second-order valence-corrected chi connectivity index (χ2v) is 6.06. The van der Waals surface area contributed by atoms with Crippen molar-refractivity contribution >= 4 is 5.78 Å². The zero-order valence-corrected chi connectivity index (χ0v) is 12.4. The normalized spacial score (nSPS) is 16.4. The van der Waals surface area contributed by atoms with E-state index in [2.05, 4.69) is 28.8 Å². The lowest BCUT2D eigenvalue weighted by molar-refractivity contribution is 0.0910. The molecule has 0 aliphatic heterocycles. The lowest BCUT2D eigenvalue weighted by atomic mass is 9.76. The molecule has 0 unspecified atom stereocenters. The van der Waals surface area contributed by atoms with Gasteiger partial charge in [0.25, 0.3) is 0 Å². The molecule has 3 rings (SSSR count). The molecule has 0 spiro atoms. The number of fused-ring (bicyclic) bond motifs is 1. The largest absolute Gasteiger partial charge is 0.481 e. The van der Waals surface area contributed by atoms with E-state index in [0.717, 1.165) is 12.1 Å². The fourth-order valence-electron chi connectivity index (χ4n) is 2.61. The Balaban J connectivity index is 2.05. The minimum atomic E-state index is -0.0580. The van der Waals surface area contributed by atoms with E-state index in [9.17, 15) is 4.79 Å². The third kappa shape index (κ3) is 2.63. The quantitative estimate of drug-likeness (QED) is 0.847. The van der Waals surface area contributed by atoms with Crippen LogP contribution in [0.4, 0.5) is 0 Å². The highest BCUT2D eigenvalue weighted by molar-refractivity contribution is 5.98. The monoisotopic (exact) mass is 283 g/mol. The fourth-order valence-corrected chi connectivity index (χ4v) is 2.61. The Bertz CT molecular complexity index is 710. The maximum atomic E-state index is 12.1. The molecule has 21 heavy (non-hydrogen) atoms. The number of hydrogen-bond acceptors (Lipinski definition) is 5. The topological polar surface area (TPSA) is 65.0 Å². The molecule has 1 aliphatic carbocycles. The molecule has 0 bridgehead atoms. The van der Waals surface area contributed by atoms with Crippen molar-refractivity contribution in [2.45, 2.75) is 26.7 Å². The van der Waals surface area contributed by atoms with E-state index < -0.39 is 0 Å². The lowest BCUT2D eigenvalue weighted by Crippen LogP contribution is -2.28. The Kier molecular flexibility index (Phi) is 3.20. The summed E-state index contributed by atoms with van der Waals surface area (Å²) >= 11 is 0. The number of ketones is 1. The van der Waals surface area contributed by atoms with E-state index in [1.165, 1.54) is 0 Å². The van der Waals surface area contributed by atoms with Crippen molar-refractivity contribution in [3.63, 3.8) is 0 Å². The van der Waals surface area contributed by atoms with Crippen LogP contribution in [-0.2, 0) is 6.42 Å². The fraction of sp³-hybridized carbons (Fsp3) is 0.375. The van der Waals surface area contributed by atoms with Crippen molar-refractivity contribution in [2.24, 2.45) is 5.41 Å². The minimum absolute atomic E-state index is 0.0580. The first kappa shape index (κ1) is 13.7. The highest BCUT2D eigenvalue weighted by Crippen LogP contribution is 2.34. The summed E-state index contributed by atoms with van der Waals surface area (Å²) in [7, 11) is 1.57. The Labute approximate surface area is 123 Å². The molecule has 108 valence electrons. The van der Waals surface area contributed by atoms with Gasteiger partial charge in [0.1, 0.15) is 5.69 Å². The highest BCUT2D eigenvalue weighted by Gasteiger charge is 2.32. The highest BCUT2D eigenvalue weighted by atomic mass is 16.5. The number of ether oxygens (including phenoxy) is 1. The van der Waals surface area contributed by atoms with Crippen molar-refractivity contribution in [1.82, 2.24) is 15.0 Å². The van der Waals surface area contributed by atoms with Crippen LogP contribution in [0.3, 0.4) is 0 Å². The van der Waals surface area contributed by atoms with Crippen molar-refractivity contribution < 1.29 is 9.53 Å². The molecule has 2 aromatic rings. The molecule has 0 aromatic carbocycles. The summed E-state index contributed by atoms with van der Waals surface area (Å²) in [5, 5.41) is 0. The third-order valence-corrected chi connectivity index (χ3v) is 3.61. The van der Waals surface area contributed by atoms with Gasteiger partial charge >= 0.3 is 0 Å². The maximum absolute atomic E-state index is 12.1.